The summed E-state index contributed by atoms with van der Waals surface area (Å²) < 4.78 is 36.8. The Balaban J connectivity index is 2.73. The number of hydrogen-bond donors (Lipinski definition) is 1. The van der Waals surface area contributed by atoms with Gasteiger partial charge in [0.2, 0.25) is 0 Å². The van der Waals surface area contributed by atoms with Crippen LogP contribution in [0.15, 0.2) is 29.2 Å². The number of alkyl halides is 3. The van der Waals surface area contributed by atoms with Crippen LogP contribution in [0.3, 0.4) is 0 Å². The molecule has 0 spiro atoms. The average Bonchev–Trinajstić information content (AvgIpc) is 2.16. The van der Waals surface area contributed by atoms with Crippen LogP contribution in [0, 0.1) is 0 Å². The van der Waals surface area contributed by atoms with Crippen molar-refractivity contribution in [2.45, 2.75) is 6.18 Å². The standard InChI is InChI=1S/C9H5F3N2O/c10-9(11,12)7-2-1-5-6(15)3-4-13-8(5)14-7/h1-4H,(H,13,14,15). The van der Waals surface area contributed by atoms with E-state index in [0.717, 1.165) is 12.1 Å². The molecule has 0 atom stereocenters. The van der Waals surface area contributed by atoms with Gasteiger partial charge in [-0.05, 0) is 12.1 Å². The van der Waals surface area contributed by atoms with E-state index in [0.29, 0.717) is 0 Å². The largest absolute Gasteiger partial charge is 0.433 e. The molecule has 0 aliphatic carbocycles. The first-order chi connectivity index (χ1) is 6.98. The third-order valence-electron chi connectivity index (χ3n) is 1.91. The second-order valence-electron chi connectivity index (χ2n) is 2.93. The lowest BCUT2D eigenvalue weighted by Crippen LogP contribution is -2.10. The van der Waals surface area contributed by atoms with Crippen molar-refractivity contribution in [3.8, 4) is 0 Å². The summed E-state index contributed by atoms with van der Waals surface area (Å²) >= 11 is 0. The van der Waals surface area contributed by atoms with Gasteiger partial charge in [-0.15, -0.1) is 0 Å². The molecule has 1 N–H and O–H groups in total. The van der Waals surface area contributed by atoms with Crippen LogP contribution in [0.2, 0.25) is 0 Å². The summed E-state index contributed by atoms with van der Waals surface area (Å²) in [4.78, 5) is 17.0. The molecule has 2 heterocycles. The second kappa shape index (κ2) is 3.08. The van der Waals surface area contributed by atoms with Gasteiger partial charge in [0.1, 0.15) is 11.3 Å². The molecular formula is C9H5F3N2O. The summed E-state index contributed by atoms with van der Waals surface area (Å²) in [5.74, 6) is 0. The zero-order valence-electron chi connectivity index (χ0n) is 7.30. The summed E-state index contributed by atoms with van der Waals surface area (Å²) in [7, 11) is 0. The molecule has 0 aromatic carbocycles. The maximum atomic E-state index is 12.3. The highest BCUT2D eigenvalue weighted by Gasteiger charge is 2.32. The number of hydrogen-bond acceptors (Lipinski definition) is 2. The molecule has 2 rings (SSSR count). The number of rotatable bonds is 0. The van der Waals surface area contributed by atoms with E-state index in [-0.39, 0.29) is 16.5 Å². The van der Waals surface area contributed by atoms with E-state index in [2.05, 4.69) is 9.97 Å². The summed E-state index contributed by atoms with van der Waals surface area (Å²) in [6.07, 6.45) is -3.24. The molecule has 0 radical (unpaired) electrons. The van der Waals surface area contributed by atoms with E-state index in [9.17, 15) is 18.0 Å². The molecule has 0 aliphatic rings. The van der Waals surface area contributed by atoms with Crippen molar-refractivity contribution in [3.63, 3.8) is 0 Å². The van der Waals surface area contributed by atoms with Gasteiger partial charge in [0.05, 0.1) is 5.39 Å². The Morgan fingerprint density at radius 2 is 1.93 bits per heavy atom. The van der Waals surface area contributed by atoms with Crippen LogP contribution in [0.4, 0.5) is 13.2 Å². The SMILES string of the molecule is O=c1cc[nH]c2nc(C(F)(F)F)ccc12. The molecule has 2 aromatic rings. The first-order valence-electron chi connectivity index (χ1n) is 4.04. The van der Waals surface area contributed by atoms with E-state index < -0.39 is 11.9 Å². The highest BCUT2D eigenvalue weighted by Crippen LogP contribution is 2.27. The van der Waals surface area contributed by atoms with Gasteiger partial charge in [0.15, 0.2) is 5.43 Å². The highest BCUT2D eigenvalue weighted by atomic mass is 19.4. The van der Waals surface area contributed by atoms with E-state index in [1.165, 1.54) is 12.3 Å². The van der Waals surface area contributed by atoms with Gasteiger partial charge in [-0.3, -0.25) is 4.79 Å². The quantitative estimate of drug-likeness (QED) is 0.728. The lowest BCUT2D eigenvalue weighted by molar-refractivity contribution is -0.141. The zero-order chi connectivity index (χ0) is 11.1. The van der Waals surface area contributed by atoms with Crippen molar-refractivity contribution < 1.29 is 13.2 Å². The molecule has 6 heteroatoms. The number of H-pyrrole nitrogens is 1. The Morgan fingerprint density at radius 3 is 2.60 bits per heavy atom. The summed E-state index contributed by atoms with van der Waals surface area (Å²) in [6.45, 7) is 0. The molecule has 0 amide bonds. The smallest absolute Gasteiger partial charge is 0.346 e. The van der Waals surface area contributed by atoms with Crippen LogP contribution in [-0.4, -0.2) is 9.97 Å². The van der Waals surface area contributed by atoms with Gasteiger partial charge < -0.3 is 4.98 Å². The second-order valence-corrected chi connectivity index (χ2v) is 2.93. The number of aromatic amines is 1. The minimum absolute atomic E-state index is 0.0580. The fourth-order valence-corrected chi connectivity index (χ4v) is 1.21. The minimum Gasteiger partial charge on any atom is -0.346 e. The number of nitrogens with zero attached hydrogens (tertiary/aromatic N) is 1. The van der Waals surface area contributed by atoms with E-state index in [4.69, 9.17) is 0 Å². The van der Waals surface area contributed by atoms with E-state index in [1.807, 2.05) is 0 Å². The molecule has 15 heavy (non-hydrogen) atoms. The Bertz CT molecular complexity index is 559. The van der Waals surface area contributed by atoms with Crippen LogP contribution < -0.4 is 5.43 Å². The van der Waals surface area contributed by atoms with Crippen molar-refractivity contribution in [2.75, 3.05) is 0 Å². The molecule has 0 aliphatic heterocycles. The fraction of sp³-hybridized carbons (Fsp3) is 0.111. The number of pyridine rings is 2. The molecule has 0 fully saturated rings. The molecule has 3 nitrogen and oxygen atoms in total. The Kier molecular flexibility index (Phi) is 1.99. The molecule has 0 saturated heterocycles. The van der Waals surface area contributed by atoms with Crippen molar-refractivity contribution >= 4 is 11.0 Å². The van der Waals surface area contributed by atoms with Crippen LogP contribution >= 0.6 is 0 Å². The van der Waals surface area contributed by atoms with Crippen molar-refractivity contribution in [1.82, 2.24) is 9.97 Å². The summed E-state index contributed by atoms with van der Waals surface area (Å²) in [5.41, 5.74) is -1.43. The average molecular weight is 214 g/mol. The monoisotopic (exact) mass is 214 g/mol. The van der Waals surface area contributed by atoms with Gasteiger partial charge >= 0.3 is 6.18 Å². The third-order valence-corrected chi connectivity index (χ3v) is 1.91. The third kappa shape index (κ3) is 1.70. The molecule has 78 valence electrons. The van der Waals surface area contributed by atoms with Crippen molar-refractivity contribution in [2.24, 2.45) is 0 Å². The molecule has 0 bridgehead atoms. The molecule has 0 saturated carbocycles. The van der Waals surface area contributed by atoms with Gasteiger partial charge in [-0.25, -0.2) is 4.98 Å². The topological polar surface area (TPSA) is 45.8 Å². The van der Waals surface area contributed by atoms with Gasteiger partial charge in [-0.2, -0.15) is 13.2 Å². The van der Waals surface area contributed by atoms with Crippen LogP contribution in [-0.2, 0) is 6.18 Å². The van der Waals surface area contributed by atoms with Gasteiger partial charge in [0, 0.05) is 12.3 Å². The number of nitrogens with one attached hydrogen (secondary N) is 1. The maximum absolute atomic E-state index is 12.3. The minimum atomic E-state index is -4.50. The van der Waals surface area contributed by atoms with E-state index in [1.54, 1.807) is 0 Å². The lowest BCUT2D eigenvalue weighted by atomic mass is 10.2. The zero-order valence-corrected chi connectivity index (χ0v) is 7.30. The Labute approximate surface area is 81.6 Å². The van der Waals surface area contributed by atoms with Crippen LogP contribution in [0.5, 0.6) is 0 Å². The predicted octanol–water partition coefficient (Wildman–Crippen LogP) is 1.94. The lowest BCUT2D eigenvalue weighted by Gasteiger charge is -2.05. The predicted molar refractivity (Wildman–Crippen MR) is 47.4 cm³/mol. The van der Waals surface area contributed by atoms with Gasteiger partial charge in [0.25, 0.3) is 0 Å². The summed E-state index contributed by atoms with van der Waals surface area (Å²) in [5, 5.41) is 0.144. The summed E-state index contributed by atoms with van der Waals surface area (Å²) in [6, 6.07) is 3.14. The van der Waals surface area contributed by atoms with Crippen molar-refractivity contribution in [1.29, 1.82) is 0 Å². The van der Waals surface area contributed by atoms with Crippen LogP contribution in [0.1, 0.15) is 5.69 Å². The van der Waals surface area contributed by atoms with E-state index >= 15 is 0 Å². The number of fused-ring (bicyclic) bond motifs is 1. The highest BCUT2D eigenvalue weighted by molar-refractivity contribution is 5.74. The first kappa shape index (κ1) is 9.70. The fourth-order valence-electron chi connectivity index (χ4n) is 1.21. The number of aromatic nitrogens is 2. The molecule has 0 unspecified atom stereocenters. The van der Waals surface area contributed by atoms with Gasteiger partial charge in [-0.1, -0.05) is 0 Å². The maximum Gasteiger partial charge on any atom is 0.433 e. The first-order valence-corrected chi connectivity index (χ1v) is 4.04. The normalized spacial score (nSPS) is 11.9. The Hall–Kier alpha value is -1.85. The Morgan fingerprint density at radius 1 is 1.20 bits per heavy atom. The number of halogens is 3. The van der Waals surface area contributed by atoms with Crippen LogP contribution in [0.25, 0.3) is 11.0 Å². The molecule has 2 aromatic heterocycles. The molecular weight excluding hydrogens is 209 g/mol. The van der Waals surface area contributed by atoms with Crippen molar-refractivity contribution in [3.05, 3.63) is 40.3 Å².